The topological polar surface area (TPSA) is 44.1 Å². The van der Waals surface area contributed by atoms with Crippen LogP contribution in [0.3, 0.4) is 0 Å². The molecule has 0 amide bonds. The third-order valence-corrected chi connectivity index (χ3v) is 6.25. The van der Waals surface area contributed by atoms with Crippen molar-refractivity contribution < 1.29 is 4.79 Å². The van der Waals surface area contributed by atoms with Crippen LogP contribution in [0.2, 0.25) is 0 Å². The van der Waals surface area contributed by atoms with Crippen LogP contribution in [0.5, 0.6) is 0 Å². The third-order valence-electron chi connectivity index (χ3n) is 6.25. The predicted molar refractivity (Wildman–Crippen MR) is 106 cm³/mol. The Bertz CT molecular complexity index is 808. The Morgan fingerprint density at radius 1 is 0.963 bits per heavy atom. The summed E-state index contributed by atoms with van der Waals surface area (Å²) < 4.78 is 0. The molecule has 4 rings (SSSR count). The van der Waals surface area contributed by atoms with E-state index in [1.807, 2.05) is 12.1 Å². The van der Waals surface area contributed by atoms with E-state index in [1.54, 1.807) is 12.1 Å². The molecule has 0 radical (unpaired) electrons. The number of nitriles is 1. The van der Waals surface area contributed by atoms with Crippen molar-refractivity contribution in [3.63, 3.8) is 0 Å². The van der Waals surface area contributed by atoms with Crippen molar-refractivity contribution in [1.29, 1.82) is 5.26 Å². The van der Waals surface area contributed by atoms with Crippen LogP contribution >= 0.6 is 0 Å². The van der Waals surface area contributed by atoms with E-state index in [4.69, 9.17) is 5.26 Å². The second-order valence-electron chi connectivity index (χ2n) is 8.02. The summed E-state index contributed by atoms with van der Waals surface area (Å²) in [6.45, 7) is 1.01. The fourth-order valence-electron chi connectivity index (χ4n) is 4.84. The van der Waals surface area contributed by atoms with Gasteiger partial charge in [0.1, 0.15) is 5.78 Å². The van der Waals surface area contributed by atoms with E-state index in [9.17, 15) is 4.79 Å². The normalized spacial score (nSPS) is 24.9. The number of piperidine rings is 2. The van der Waals surface area contributed by atoms with Crippen LogP contribution in [0.25, 0.3) is 0 Å². The molecule has 27 heavy (non-hydrogen) atoms. The van der Waals surface area contributed by atoms with Gasteiger partial charge in [-0.15, -0.1) is 0 Å². The maximum Gasteiger partial charge on any atom is 0.140 e. The minimum Gasteiger partial charge on any atom is -0.299 e. The number of ketones is 1. The smallest absolute Gasteiger partial charge is 0.140 e. The highest BCUT2D eigenvalue weighted by Crippen LogP contribution is 2.38. The molecule has 2 aromatic rings. The summed E-state index contributed by atoms with van der Waals surface area (Å²) in [4.78, 5) is 15.6. The highest BCUT2D eigenvalue weighted by molar-refractivity contribution is 5.83. The van der Waals surface area contributed by atoms with Gasteiger partial charge in [0.2, 0.25) is 0 Å². The number of rotatable bonds is 5. The largest absolute Gasteiger partial charge is 0.299 e. The molecule has 138 valence electrons. The quantitative estimate of drug-likeness (QED) is 0.790. The Hall–Kier alpha value is -2.44. The lowest BCUT2D eigenvalue weighted by Crippen LogP contribution is -2.52. The Morgan fingerprint density at radius 2 is 1.63 bits per heavy atom. The maximum atomic E-state index is 12.9. The Balaban J connectivity index is 1.41. The van der Waals surface area contributed by atoms with Gasteiger partial charge in [-0.1, -0.05) is 48.9 Å². The maximum absolute atomic E-state index is 12.9. The SMILES string of the molecule is N#Cc1ccc(CC(=O)C2CC3CCCC(C2)N3Cc2ccccc2)cc1. The standard InChI is InChI=1S/C24H26N2O/c25-16-19-11-9-18(10-12-19)13-24(27)21-14-22-7-4-8-23(15-21)26(22)17-20-5-2-1-3-6-20/h1-3,5-6,9-12,21-23H,4,7-8,13-15,17H2. The van der Waals surface area contributed by atoms with Crippen LogP contribution in [-0.4, -0.2) is 22.8 Å². The van der Waals surface area contributed by atoms with Gasteiger partial charge >= 0.3 is 0 Å². The molecule has 2 saturated heterocycles. The van der Waals surface area contributed by atoms with Gasteiger partial charge in [0, 0.05) is 31.0 Å². The number of carbonyl (C=O) groups is 1. The van der Waals surface area contributed by atoms with E-state index in [0.717, 1.165) is 24.9 Å². The van der Waals surface area contributed by atoms with Gasteiger partial charge in [0.25, 0.3) is 0 Å². The molecule has 2 aliphatic rings. The Kier molecular flexibility index (Phi) is 5.36. The highest BCUT2D eigenvalue weighted by atomic mass is 16.1. The van der Waals surface area contributed by atoms with Gasteiger partial charge in [-0.3, -0.25) is 9.69 Å². The van der Waals surface area contributed by atoms with Crippen LogP contribution in [-0.2, 0) is 17.8 Å². The molecule has 2 bridgehead atoms. The summed E-state index contributed by atoms with van der Waals surface area (Å²) in [5.74, 6) is 0.555. The summed E-state index contributed by atoms with van der Waals surface area (Å²) in [5, 5.41) is 8.92. The minimum atomic E-state index is 0.183. The predicted octanol–water partition coefficient (Wildman–Crippen LogP) is 4.50. The van der Waals surface area contributed by atoms with Crippen molar-refractivity contribution >= 4 is 5.78 Å². The molecule has 2 aliphatic heterocycles. The first-order valence-electron chi connectivity index (χ1n) is 10.0. The molecule has 3 nitrogen and oxygen atoms in total. The average molecular weight is 358 g/mol. The van der Waals surface area contributed by atoms with Crippen LogP contribution in [0, 0.1) is 17.2 Å². The number of benzene rings is 2. The van der Waals surface area contributed by atoms with Gasteiger partial charge in [0.05, 0.1) is 11.6 Å². The molecule has 3 heteroatoms. The van der Waals surface area contributed by atoms with Crippen molar-refractivity contribution in [2.24, 2.45) is 5.92 Å². The van der Waals surface area contributed by atoms with Crippen LogP contribution < -0.4 is 0 Å². The van der Waals surface area contributed by atoms with Gasteiger partial charge in [-0.2, -0.15) is 5.26 Å². The van der Waals surface area contributed by atoms with E-state index in [0.29, 0.717) is 29.9 Å². The Morgan fingerprint density at radius 3 is 2.26 bits per heavy atom. The molecular formula is C24H26N2O. The monoisotopic (exact) mass is 358 g/mol. The van der Waals surface area contributed by atoms with Crippen molar-refractivity contribution in [2.45, 2.75) is 57.2 Å². The molecule has 0 saturated carbocycles. The summed E-state index contributed by atoms with van der Waals surface area (Å²) in [5.41, 5.74) is 3.04. The third kappa shape index (κ3) is 4.12. The van der Waals surface area contributed by atoms with E-state index >= 15 is 0 Å². The highest BCUT2D eigenvalue weighted by Gasteiger charge is 2.40. The van der Waals surface area contributed by atoms with Gasteiger partial charge in [-0.25, -0.2) is 0 Å². The first-order valence-corrected chi connectivity index (χ1v) is 10.0. The van der Waals surface area contributed by atoms with Crippen LogP contribution in [0.4, 0.5) is 0 Å². The molecule has 2 heterocycles. The van der Waals surface area contributed by atoms with E-state index in [2.05, 4.69) is 41.3 Å². The van der Waals surface area contributed by atoms with Gasteiger partial charge in [-0.05, 0) is 48.9 Å². The summed E-state index contributed by atoms with van der Waals surface area (Å²) >= 11 is 0. The van der Waals surface area contributed by atoms with E-state index in [1.165, 1.54) is 24.8 Å². The first kappa shape index (κ1) is 17.9. The van der Waals surface area contributed by atoms with Crippen molar-refractivity contribution in [2.75, 3.05) is 0 Å². The lowest BCUT2D eigenvalue weighted by Gasteiger charge is -2.48. The van der Waals surface area contributed by atoms with Crippen molar-refractivity contribution in [1.82, 2.24) is 4.90 Å². The molecule has 2 aromatic carbocycles. The fourth-order valence-corrected chi connectivity index (χ4v) is 4.84. The Labute approximate surface area is 161 Å². The molecular weight excluding hydrogens is 332 g/mol. The zero-order valence-corrected chi connectivity index (χ0v) is 15.7. The zero-order chi connectivity index (χ0) is 18.6. The molecule has 0 spiro atoms. The van der Waals surface area contributed by atoms with Crippen LogP contribution in [0.15, 0.2) is 54.6 Å². The number of carbonyl (C=O) groups excluding carboxylic acids is 1. The van der Waals surface area contributed by atoms with E-state index < -0.39 is 0 Å². The first-order chi connectivity index (χ1) is 13.2. The molecule has 0 N–H and O–H groups in total. The number of Topliss-reactive ketones (excluding diaryl/α,β-unsaturated/α-hetero) is 1. The molecule has 2 atom stereocenters. The fraction of sp³-hybridized carbons (Fsp3) is 0.417. The second kappa shape index (κ2) is 8.06. The number of fused-ring (bicyclic) bond motifs is 2. The number of hydrogen-bond acceptors (Lipinski definition) is 3. The average Bonchev–Trinajstić information content (AvgIpc) is 2.69. The lowest BCUT2D eigenvalue weighted by atomic mass is 9.75. The summed E-state index contributed by atoms with van der Waals surface area (Å²) in [6, 6.07) is 21.3. The molecule has 0 aliphatic carbocycles. The van der Waals surface area contributed by atoms with Crippen LogP contribution in [0.1, 0.15) is 48.8 Å². The molecule has 0 aromatic heterocycles. The number of hydrogen-bond donors (Lipinski definition) is 0. The van der Waals surface area contributed by atoms with E-state index in [-0.39, 0.29) is 5.92 Å². The number of nitrogens with zero attached hydrogens (tertiary/aromatic N) is 2. The van der Waals surface area contributed by atoms with Crippen molar-refractivity contribution in [3.05, 3.63) is 71.3 Å². The van der Waals surface area contributed by atoms with Gasteiger partial charge < -0.3 is 0 Å². The summed E-state index contributed by atoms with van der Waals surface area (Å²) in [6.07, 6.45) is 6.20. The zero-order valence-electron chi connectivity index (χ0n) is 15.7. The van der Waals surface area contributed by atoms with Crippen molar-refractivity contribution in [3.8, 4) is 6.07 Å². The lowest BCUT2D eigenvalue weighted by molar-refractivity contribution is -0.126. The molecule has 2 fully saturated rings. The summed E-state index contributed by atoms with van der Waals surface area (Å²) in [7, 11) is 0. The minimum absolute atomic E-state index is 0.183. The van der Waals surface area contributed by atoms with Gasteiger partial charge in [0.15, 0.2) is 0 Å². The molecule has 2 unspecified atom stereocenters. The second-order valence-corrected chi connectivity index (χ2v) is 8.02.